The molecule has 1 aliphatic rings. The fourth-order valence-corrected chi connectivity index (χ4v) is 3.92. The summed E-state index contributed by atoms with van der Waals surface area (Å²) in [5, 5.41) is 1.56. The van der Waals surface area contributed by atoms with Crippen molar-refractivity contribution in [2.75, 3.05) is 0 Å². The van der Waals surface area contributed by atoms with E-state index >= 15 is 0 Å². The number of hydrogen-bond donors (Lipinski definition) is 0. The Hall–Kier alpha value is -0.350. The Morgan fingerprint density at radius 1 is 1.00 bits per heavy atom. The molecule has 1 heterocycles. The summed E-state index contributed by atoms with van der Waals surface area (Å²) >= 11 is 22.1. The smallest absolute Gasteiger partial charge is 0.162 e. The first-order valence-corrected chi connectivity index (χ1v) is 8.67. The van der Waals surface area contributed by atoms with Gasteiger partial charge in [0.2, 0.25) is 0 Å². The summed E-state index contributed by atoms with van der Waals surface area (Å²) in [5.74, 6) is 0.903. The molecule has 0 aliphatic heterocycles. The average molecular weight is 407 g/mol. The van der Waals surface area contributed by atoms with E-state index in [1.165, 1.54) is 12.8 Å². The monoisotopic (exact) mass is 404 g/mol. The van der Waals surface area contributed by atoms with E-state index in [1.807, 2.05) is 12.1 Å². The Balaban J connectivity index is 2.03. The van der Waals surface area contributed by atoms with Crippen molar-refractivity contribution in [2.45, 2.75) is 31.6 Å². The zero-order valence-corrected chi connectivity index (χ0v) is 14.9. The summed E-state index contributed by atoms with van der Waals surface area (Å²) in [6, 6.07) is 5.50. The third-order valence-corrected chi connectivity index (χ3v) is 5.58. The molecule has 0 N–H and O–H groups in total. The lowest BCUT2D eigenvalue weighted by molar-refractivity contribution is 0.715. The number of aromatic nitrogens is 2. The molecule has 0 radical (unpaired) electrons. The van der Waals surface area contributed by atoms with Crippen LogP contribution in [0.3, 0.4) is 0 Å². The van der Waals surface area contributed by atoms with Gasteiger partial charge in [0.1, 0.15) is 10.3 Å². The summed E-state index contributed by atoms with van der Waals surface area (Å²) in [6.45, 7) is 0. The second-order valence-corrected chi connectivity index (χ2v) is 7.13. The SMILES string of the molecule is Clc1ccc(-c2nc(Cl)c(C3CCCC3)c(Cl)n2)cc1Br. The summed E-state index contributed by atoms with van der Waals surface area (Å²) in [4.78, 5) is 8.85. The van der Waals surface area contributed by atoms with Gasteiger partial charge in [0, 0.05) is 15.6 Å². The van der Waals surface area contributed by atoms with Crippen molar-refractivity contribution in [3.63, 3.8) is 0 Å². The van der Waals surface area contributed by atoms with Crippen LogP contribution in [-0.2, 0) is 0 Å². The van der Waals surface area contributed by atoms with E-state index in [1.54, 1.807) is 6.07 Å². The van der Waals surface area contributed by atoms with Crippen LogP contribution in [0.5, 0.6) is 0 Å². The molecule has 1 saturated carbocycles. The van der Waals surface area contributed by atoms with Crippen LogP contribution < -0.4 is 0 Å². The van der Waals surface area contributed by atoms with Gasteiger partial charge in [-0.1, -0.05) is 47.6 Å². The first-order valence-electron chi connectivity index (χ1n) is 6.74. The molecule has 0 atom stereocenters. The zero-order chi connectivity index (χ0) is 15.0. The van der Waals surface area contributed by atoms with Gasteiger partial charge in [-0.25, -0.2) is 9.97 Å². The molecule has 1 fully saturated rings. The van der Waals surface area contributed by atoms with Gasteiger partial charge >= 0.3 is 0 Å². The van der Waals surface area contributed by atoms with Crippen molar-refractivity contribution in [2.24, 2.45) is 0 Å². The van der Waals surface area contributed by atoms with E-state index in [-0.39, 0.29) is 0 Å². The van der Waals surface area contributed by atoms with E-state index < -0.39 is 0 Å². The molecule has 21 heavy (non-hydrogen) atoms. The minimum absolute atomic E-state index is 0.385. The molecule has 0 spiro atoms. The quantitative estimate of drug-likeness (QED) is 0.530. The maximum Gasteiger partial charge on any atom is 0.162 e. The van der Waals surface area contributed by atoms with E-state index in [2.05, 4.69) is 25.9 Å². The normalized spacial score (nSPS) is 15.6. The summed E-state index contributed by atoms with van der Waals surface area (Å²) in [5.41, 5.74) is 1.72. The van der Waals surface area contributed by atoms with Gasteiger partial charge in [-0.2, -0.15) is 0 Å². The fraction of sp³-hybridized carbons (Fsp3) is 0.333. The van der Waals surface area contributed by atoms with Crippen molar-refractivity contribution in [1.29, 1.82) is 0 Å². The predicted molar refractivity (Wildman–Crippen MR) is 91.4 cm³/mol. The summed E-state index contributed by atoms with van der Waals surface area (Å²) in [6.07, 6.45) is 4.63. The number of rotatable bonds is 2. The van der Waals surface area contributed by atoms with Crippen LogP contribution in [0, 0.1) is 0 Å². The van der Waals surface area contributed by atoms with Gasteiger partial charge in [-0.15, -0.1) is 0 Å². The van der Waals surface area contributed by atoms with Crippen molar-refractivity contribution in [3.8, 4) is 11.4 Å². The number of hydrogen-bond acceptors (Lipinski definition) is 2. The van der Waals surface area contributed by atoms with Crippen molar-refractivity contribution < 1.29 is 0 Å². The van der Waals surface area contributed by atoms with Crippen LogP contribution >= 0.6 is 50.7 Å². The molecule has 1 aliphatic carbocycles. The number of benzene rings is 1. The molecule has 3 rings (SSSR count). The summed E-state index contributed by atoms with van der Waals surface area (Å²) < 4.78 is 0.789. The largest absolute Gasteiger partial charge is 0.216 e. The van der Waals surface area contributed by atoms with Crippen LogP contribution in [0.1, 0.15) is 37.2 Å². The third-order valence-electron chi connectivity index (χ3n) is 3.79. The standard InChI is InChI=1S/C15H12BrCl3N2/c16-10-7-9(5-6-11(10)17)15-20-13(18)12(14(19)21-15)8-3-1-2-4-8/h5-8H,1-4H2. The molecule has 2 aromatic rings. The molecular weight excluding hydrogens is 394 g/mol. The van der Waals surface area contributed by atoms with Crippen LogP contribution in [0.4, 0.5) is 0 Å². The molecule has 0 unspecified atom stereocenters. The first-order chi connectivity index (χ1) is 10.1. The Labute approximate surface area is 147 Å². The highest BCUT2D eigenvalue weighted by atomic mass is 79.9. The van der Waals surface area contributed by atoms with Gasteiger partial charge < -0.3 is 0 Å². The lowest BCUT2D eigenvalue weighted by Crippen LogP contribution is -2.01. The molecular formula is C15H12BrCl3N2. The molecule has 110 valence electrons. The van der Waals surface area contributed by atoms with Crippen LogP contribution in [-0.4, -0.2) is 9.97 Å². The van der Waals surface area contributed by atoms with Crippen LogP contribution in [0.15, 0.2) is 22.7 Å². The van der Waals surface area contributed by atoms with Crippen molar-refractivity contribution in [1.82, 2.24) is 9.97 Å². The van der Waals surface area contributed by atoms with Gasteiger partial charge in [-0.05, 0) is 52.9 Å². The average Bonchev–Trinajstić information content (AvgIpc) is 2.95. The minimum Gasteiger partial charge on any atom is -0.216 e. The Morgan fingerprint density at radius 3 is 2.19 bits per heavy atom. The molecule has 0 amide bonds. The highest BCUT2D eigenvalue weighted by Gasteiger charge is 2.24. The topological polar surface area (TPSA) is 25.8 Å². The molecule has 1 aromatic carbocycles. The van der Waals surface area contributed by atoms with Gasteiger partial charge in [-0.3, -0.25) is 0 Å². The van der Waals surface area contributed by atoms with E-state index in [0.717, 1.165) is 28.4 Å². The van der Waals surface area contributed by atoms with E-state index in [4.69, 9.17) is 34.8 Å². The zero-order valence-electron chi connectivity index (χ0n) is 11.0. The highest BCUT2D eigenvalue weighted by Crippen LogP contribution is 2.40. The first kappa shape index (κ1) is 15.5. The van der Waals surface area contributed by atoms with E-state index in [9.17, 15) is 0 Å². The Morgan fingerprint density at radius 2 is 1.62 bits per heavy atom. The third kappa shape index (κ3) is 3.21. The van der Waals surface area contributed by atoms with Gasteiger partial charge in [0.05, 0.1) is 5.02 Å². The van der Waals surface area contributed by atoms with Crippen molar-refractivity contribution in [3.05, 3.63) is 43.6 Å². The molecule has 0 bridgehead atoms. The van der Waals surface area contributed by atoms with Crippen molar-refractivity contribution >= 4 is 50.7 Å². The lowest BCUT2D eigenvalue weighted by Gasteiger charge is -2.14. The number of nitrogens with zero attached hydrogens (tertiary/aromatic N) is 2. The maximum atomic E-state index is 6.36. The Bertz CT molecular complexity index is 662. The molecule has 6 heteroatoms. The minimum atomic E-state index is 0.385. The molecule has 1 aromatic heterocycles. The fourth-order valence-electron chi connectivity index (χ4n) is 2.73. The maximum absolute atomic E-state index is 6.36. The van der Waals surface area contributed by atoms with E-state index in [0.29, 0.717) is 27.1 Å². The predicted octanol–water partition coefficient (Wildman–Crippen LogP) is 6.52. The second-order valence-electron chi connectivity index (χ2n) is 5.15. The molecule has 0 saturated heterocycles. The van der Waals surface area contributed by atoms with Crippen LogP contribution in [0.2, 0.25) is 15.3 Å². The van der Waals surface area contributed by atoms with Gasteiger partial charge in [0.15, 0.2) is 5.82 Å². The lowest BCUT2D eigenvalue weighted by atomic mass is 10.0. The highest BCUT2D eigenvalue weighted by molar-refractivity contribution is 9.10. The summed E-state index contributed by atoms with van der Waals surface area (Å²) in [7, 11) is 0. The van der Waals surface area contributed by atoms with Gasteiger partial charge in [0.25, 0.3) is 0 Å². The number of halogens is 4. The second kappa shape index (κ2) is 6.41. The Kier molecular flexibility index (Phi) is 4.75. The molecule has 2 nitrogen and oxygen atoms in total. The van der Waals surface area contributed by atoms with Crippen LogP contribution in [0.25, 0.3) is 11.4 Å².